The molecule has 0 bridgehead atoms. The molecule has 0 unspecified atom stereocenters. The molecule has 0 saturated carbocycles. The molecule has 2 rings (SSSR count). The molecule has 6 nitrogen and oxygen atoms in total. The van der Waals surface area contributed by atoms with Crippen LogP contribution in [-0.2, 0) is 0 Å². The van der Waals surface area contributed by atoms with Crippen LogP contribution in [0.1, 0.15) is 11.1 Å². The first-order chi connectivity index (χ1) is 11.7. The van der Waals surface area contributed by atoms with Crippen molar-refractivity contribution in [1.29, 1.82) is 0 Å². The van der Waals surface area contributed by atoms with Crippen molar-refractivity contribution < 1.29 is 19.7 Å². The van der Waals surface area contributed by atoms with Gasteiger partial charge in [-0.2, -0.15) is 0 Å². The fourth-order valence-corrected chi connectivity index (χ4v) is 2.03. The van der Waals surface area contributed by atoms with Gasteiger partial charge in [-0.05, 0) is 23.3 Å². The molecular formula is C18H18N2O4-2. The van der Waals surface area contributed by atoms with Crippen molar-refractivity contribution in [1.82, 2.24) is 0 Å². The lowest BCUT2D eigenvalue weighted by Gasteiger charge is -2.14. The molecule has 0 amide bonds. The molecule has 0 aliphatic carbocycles. The highest BCUT2D eigenvalue weighted by molar-refractivity contribution is 5.85. The van der Waals surface area contributed by atoms with Gasteiger partial charge in [-0.1, -0.05) is 35.8 Å². The highest BCUT2D eigenvalue weighted by Crippen LogP contribution is 2.25. The molecule has 0 atom stereocenters. The molecule has 126 valence electrons. The van der Waals surface area contributed by atoms with Gasteiger partial charge in [0.05, 0.1) is 27.3 Å². The number of nitrogens with zero attached hydrogens (tertiary/aromatic N) is 2. The predicted octanol–water partition coefficient (Wildman–Crippen LogP) is 1.39. The second-order valence-corrected chi connectivity index (χ2v) is 4.83. The summed E-state index contributed by atoms with van der Waals surface area (Å²) in [7, 11) is 2.91. The van der Waals surface area contributed by atoms with E-state index in [2.05, 4.69) is 9.98 Å². The minimum absolute atomic E-state index is 0.195. The van der Waals surface area contributed by atoms with Crippen molar-refractivity contribution in [3.63, 3.8) is 0 Å². The third kappa shape index (κ3) is 4.25. The smallest absolute Gasteiger partial charge is 0.111 e. The van der Waals surface area contributed by atoms with E-state index in [0.717, 1.165) is 0 Å². The van der Waals surface area contributed by atoms with Gasteiger partial charge in [0.25, 0.3) is 0 Å². The number of hydrogen-bond donors (Lipinski definition) is 0. The van der Waals surface area contributed by atoms with Crippen LogP contribution in [0, 0.1) is 0 Å². The van der Waals surface area contributed by atoms with Gasteiger partial charge in [0.2, 0.25) is 0 Å². The minimum Gasteiger partial charge on any atom is -0.870 e. The number of hydrogen-bond acceptors (Lipinski definition) is 6. The largest absolute Gasteiger partial charge is 0.870 e. The Morgan fingerprint density at radius 1 is 0.792 bits per heavy atom. The van der Waals surface area contributed by atoms with Gasteiger partial charge in [0.1, 0.15) is 11.5 Å². The summed E-state index contributed by atoms with van der Waals surface area (Å²) in [5.74, 6) is 0.190. The molecule has 0 aliphatic heterocycles. The van der Waals surface area contributed by atoms with E-state index in [1.807, 2.05) is 0 Å². The fourth-order valence-electron chi connectivity index (χ4n) is 2.03. The van der Waals surface area contributed by atoms with Crippen LogP contribution in [0.5, 0.6) is 23.0 Å². The molecule has 0 aromatic heterocycles. The van der Waals surface area contributed by atoms with Crippen LogP contribution in [0.15, 0.2) is 46.4 Å². The quantitative estimate of drug-likeness (QED) is 0.568. The highest BCUT2D eigenvalue weighted by Gasteiger charge is 1.97. The molecule has 0 heterocycles. The lowest BCUT2D eigenvalue weighted by molar-refractivity contribution is -0.270. The van der Waals surface area contributed by atoms with Gasteiger partial charge in [-0.25, -0.2) is 0 Å². The van der Waals surface area contributed by atoms with Crippen molar-refractivity contribution in [3.8, 4) is 23.0 Å². The molecule has 2 aromatic rings. The van der Waals surface area contributed by atoms with Crippen LogP contribution < -0.4 is 19.7 Å². The summed E-state index contributed by atoms with van der Waals surface area (Å²) in [6.45, 7) is 0.816. The predicted molar refractivity (Wildman–Crippen MR) is 89.8 cm³/mol. The Kier molecular flexibility index (Phi) is 6.19. The summed E-state index contributed by atoms with van der Waals surface area (Å²) in [6, 6.07) is 10.0. The van der Waals surface area contributed by atoms with Crippen LogP contribution in [0.2, 0.25) is 0 Å². The summed E-state index contributed by atoms with van der Waals surface area (Å²) in [6.07, 6.45) is 3.01. The number of rotatable bonds is 7. The summed E-state index contributed by atoms with van der Waals surface area (Å²) in [5.41, 5.74) is 0.931. The average molecular weight is 326 g/mol. The Morgan fingerprint density at radius 2 is 1.21 bits per heavy atom. The summed E-state index contributed by atoms with van der Waals surface area (Å²) in [5, 5.41) is 23.8. The Bertz CT molecular complexity index is 678. The molecule has 0 spiro atoms. The molecule has 0 radical (unpaired) electrons. The average Bonchev–Trinajstić information content (AvgIpc) is 2.60. The zero-order valence-electron chi connectivity index (χ0n) is 13.6. The Labute approximate surface area is 140 Å². The first kappa shape index (κ1) is 17.3. The molecule has 0 saturated heterocycles. The van der Waals surface area contributed by atoms with Crippen molar-refractivity contribution in [2.24, 2.45) is 9.98 Å². The van der Waals surface area contributed by atoms with E-state index in [1.165, 1.54) is 26.6 Å². The molecule has 0 fully saturated rings. The first-order valence-electron chi connectivity index (χ1n) is 7.35. The number of ether oxygens (including phenoxy) is 2. The van der Waals surface area contributed by atoms with Gasteiger partial charge in [-0.3, -0.25) is 9.98 Å². The molecule has 2 aromatic carbocycles. The van der Waals surface area contributed by atoms with Gasteiger partial charge in [-0.15, -0.1) is 0 Å². The van der Waals surface area contributed by atoms with Gasteiger partial charge >= 0.3 is 0 Å². The van der Waals surface area contributed by atoms with E-state index in [-0.39, 0.29) is 23.0 Å². The van der Waals surface area contributed by atoms with E-state index in [0.29, 0.717) is 24.2 Å². The number of benzene rings is 2. The summed E-state index contributed by atoms with van der Waals surface area (Å²) in [4.78, 5) is 8.34. The minimum atomic E-state index is -0.195. The lowest BCUT2D eigenvalue weighted by Crippen LogP contribution is -2.01. The van der Waals surface area contributed by atoms with Gasteiger partial charge in [0, 0.05) is 12.4 Å². The zero-order chi connectivity index (χ0) is 17.4. The van der Waals surface area contributed by atoms with Crippen molar-refractivity contribution in [3.05, 3.63) is 47.5 Å². The van der Waals surface area contributed by atoms with Crippen molar-refractivity contribution >= 4 is 12.4 Å². The topological polar surface area (TPSA) is 89.3 Å². The molecular weight excluding hydrogens is 308 g/mol. The van der Waals surface area contributed by atoms with Gasteiger partial charge < -0.3 is 19.7 Å². The first-order valence-corrected chi connectivity index (χ1v) is 7.35. The van der Waals surface area contributed by atoms with Crippen LogP contribution in [0.3, 0.4) is 0 Å². The Hall–Kier alpha value is -3.02. The molecule has 24 heavy (non-hydrogen) atoms. The summed E-state index contributed by atoms with van der Waals surface area (Å²) >= 11 is 0. The fraction of sp³-hybridized carbons (Fsp3) is 0.222. The van der Waals surface area contributed by atoms with Crippen LogP contribution in [0.4, 0.5) is 0 Å². The molecule has 0 N–H and O–H groups in total. The van der Waals surface area contributed by atoms with Crippen LogP contribution >= 0.6 is 0 Å². The maximum absolute atomic E-state index is 11.9. The monoisotopic (exact) mass is 326 g/mol. The Balaban J connectivity index is 1.91. The zero-order valence-corrected chi connectivity index (χ0v) is 13.6. The van der Waals surface area contributed by atoms with E-state index in [1.54, 1.807) is 36.4 Å². The maximum atomic E-state index is 11.9. The van der Waals surface area contributed by atoms with Gasteiger partial charge in [0.15, 0.2) is 0 Å². The van der Waals surface area contributed by atoms with Crippen molar-refractivity contribution in [2.75, 3.05) is 27.3 Å². The van der Waals surface area contributed by atoms with E-state index < -0.39 is 0 Å². The number of aliphatic imine (C=N–C) groups is 2. The van der Waals surface area contributed by atoms with Crippen molar-refractivity contribution in [2.45, 2.75) is 0 Å². The Morgan fingerprint density at radius 3 is 1.58 bits per heavy atom. The second-order valence-electron chi connectivity index (χ2n) is 4.83. The number of methoxy groups -OCH3 is 2. The maximum Gasteiger partial charge on any atom is 0.111 e. The second kappa shape index (κ2) is 8.57. The standard InChI is InChI=1S/C18H20N2O4/c1-23-15-7-3-5-13(17(15)21)11-19-9-10-20-12-14-6-4-8-16(24-2)18(14)22/h3-8,11-12,21-22H,9-10H2,1-2H3/p-2. The van der Waals surface area contributed by atoms with E-state index >= 15 is 0 Å². The normalized spacial score (nSPS) is 11.2. The molecule has 6 heteroatoms. The van der Waals surface area contributed by atoms with Crippen LogP contribution in [0.25, 0.3) is 0 Å². The SMILES string of the molecule is COc1cccc(C=NCCN=Cc2cccc(OC)c2[O-])c1[O-]. The van der Waals surface area contributed by atoms with Crippen LogP contribution in [-0.4, -0.2) is 39.7 Å². The highest BCUT2D eigenvalue weighted by atomic mass is 16.5. The third-order valence-corrected chi connectivity index (χ3v) is 3.28. The lowest BCUT2D eigenvalue weighted by atomic mass is 10.2. The van der Waals surface area contributed by atoms with E-state index in [9.17, 15) is 10.2 Å². The molecule has 0 aliphatic rings. The summed E-state index contributed by atoms with van der Waals surface area (Å²) < 4.78 is 9.94. The van der Waals surface area contributed by atoms with E-state index in [4.69, 9.17) is 9.47 Å². The number of para-hydroxylation sites is 2. The third-order valence-electron chi connectivity index (χ3n) is 3.28.